The molecule has 1 atom stereocenters. The smallest absolute Gasteiger partial charge is 0.284 e. The van der Waals surface area contributed by atoms with Crippen molar-refractivity contribution >= 4 is 17.5 Å². The van der Waals surface area contributed by atoms with E-state index in [2.05, 4.69) is 5.10 Å². The molecule has 0 saturated carbocycles. The number of hydrogen-bond donors (Lipinski definition) is 2. The number of halogens is 2. The number of aryl methyl sites for hydroxylation is 1. The number of aromatic nitrogens is 2. The average molecular weight is 377 g/mol. The number of nitrogens with zero attached hydrogens (tertiary/aromatic N) is 2. The molecule has 0 aliphatic heterocycles. The van der Waals surface area contributed by atoms with Crippen molar-refractivity contribution in [3.05, 3.63) is 64.5 Å². The van der Waals surface area contributed by atoms with Crippen molar-refractivity contribution < 1.29 is 13.6 Å². The molecule has 0 aliphatic carbocycles. The molecule has 8 heteroatoms. The van der Waals surface area contributed by atoms with Crippen LogP contribution in [0.25, 0.3) is 11.3 Å². The summed E-state index contributed by atoms with van der Waals surface area (Å²) in [7, 11) is 1.75. The lowest BCUT2D eigenvalue weighted by molar-refractivity contribution is 0.0972. The normalized spacial score (nSPS) is 12.3. The van der Waals surface area contributed by atoms with Crippen LogP contribution in [-0.4, -0.2) is 22.2 Å². The van der Waals surface area contributed by atoms with E-state index in [0.717, 1.165) is 5.56 Å². The fourth-order valence-corrected chi connectivity index (χ4v) is 3.33. The Bertz CT molecular complexity index is 933. The van der Waals surface area contributed by atoms with Crippen molar-refractivity contribution in [2.75, 3.05) is 6.54 Å². The molecule has 0 bridgehead atoms. The van der Waals surface area contributed by atoms with Crippen molar-refractivity contribution in [1.82, 2.24) is 9.78 Å². The van der Waals surface area contributed by atoms with Crippen LogP contribution in [0, 0.1) is 5.82 Å². The second kappa shape index (κ2) is 7.31. The largest absolute Gasteiger partial charge is 0.438 e. The molecule has 1 aromatic carbocycles. The Morgan fingerprint density at radius 2 is 2.04 bits per heavy atom. The molecule has 2 heterocycles. The highest BCUT2D eigenvalue weighted by Gasteiger charge is 2.30. The number of nitrogens with two attached hydrogens (primary N) is 2. The van der Waals surface area contributed by atoms with Crippen LogP contribution in [0.3, 0.4) is 0 Å². The van der Waals surface area contributed by atoms with Gasteiger partial charge in [-0.05, 0) is 48.3 Å². The molecular weight excluding hydrogens is 359 g/mol. The lowest BCUT2D eigenvalue weighted by Gasteiger charge is -2.17. The van der Waals surface area contributed by atoms with Gasteiger partial charge in [-0.3, -0.25) is 9.48 Å². The fourth-order valence-electron chi connectivity index (χ4n) is 3.05. The van der Waals surface area contributed by atoms with Crippen LogP contribution in [-0.2, 0) is 13.5 Å². The van der Waals surface area contributed by atoms with Gasteiger partial charge in [0.2, 0.25) is 5.22 Å². The van der Waals surface area contributed by atoms with Crippen LogP contribution in [0.1, 0.15) is 27.6 Å². The topological polar surface area (TPSA) is 100 Å². The predicted octanol–water partition coefficient (Wildman–Crippen LogP) is 2.86. The number of amides is 1. The number of benzene rings is 1. The van der Waals surface area contributed by atoms with E-state index in [-0.39, 0.29) is 29.3 Å². The zero-order chi connectivity index (χ0) is 18.8. The molecule has 26 heavy (non-hydrogen) atoms. The second-order valence-electron chi connectivity index (χ2n) is 5.96. The van der Waals surface area contributed by atoms with Gasteiger partial charge in [-0.15, -0.1) is 0 Å². The maximum Gasteiger partial charge on any atom is 0.284 e. The van der Waals surface area contributed by atoms with Gasteiger partial charge in [0.1, 0.15) is 5.82 Å². The molecule has 0 fully saturated rings. The second-order valence-corrected chi connectivity index (χ2v) is 6.30. The van der Waals surface area contributed by atoms with E-state index in [4.69, 9.17) is 27.5 Å². The number of carbonyl (C=O) groups excluding carboxylic acids is 1. The van der Waals surface area contributed by atoms with Gasteiger partial charge in [0.25, 0.3) is 5.91 Å². The Kier molecular flexibility index (Phi) is 5.11. The summed E-state index contributed by atoms with van der Waals surface area (Å²) in [4.78, 5) is 11.9. The SMILES string of the molecule is Cn1nccc1-c1c(Cl)oc(C(N)=O)c1[C@@H](CN)Cc1ccc(F)cc1. The number of rotatable bonds is 6. The fraction of sp³-hybridized carbons (Fsp3) is 0.222. The first kappa shape index (κ1) is 18.2. The summed E-state index contributed by atoms with van der Waals surface area (Å²) in [5.41, 5.74) is 14.1. The molecule has 0 saturated heterocycles. The van der Waals surface area contributed by atoms with E-state index < -0.39 is 5.91 Å². The van der Waals surface area contributed by atoms with Crippen LogP contribution in [0.4, 0.5) is 4.39 Å². The first-order chi connectivity index (χ1) is 12.4. The van der Waals surface area contributed by atoms with Gasteiger partial charge in [-0.1, -0.05) is 12.1 Å². The lowest BCUT2D eigenvalue weighted by atomic mass is 9.88. The third-order valence-electron chi connectivity index (χ3n) is 4.29. The first-order valence-electron chi connectivity index (χ1n) is 7.97. The van der Waals surface area contributed by atoms with Crippen molar-refractivity contribution in [3.8, 4) is 11.3 Å². The minimum Gasteiger partial charge on any atom is -0.438 e. The molecule has 0 spiro atoms. The summed E-state index contributed by atoms with van der Waals surface area (Å²) in [6.45, 7) is 0.221. The molecule has 2 aromatic heterocycles. The monoisotopic (exact) mass is 376 g/mol. The lowest BCUT2D eigenvalue weighted by Crippen LogP contribution is -2.20. The molecule has 0 aliphatic rings. The van der Waals surface area contributed by atoms with E-state index in [1.807, 2.05) is 0 Å². The quantitative estimate of drug-likeness (QED) is 0.690. The Labute approximate surface area is 154 Å². The molecule has 4 N–H and O–H groups in total. The third-order valence-corrected chi connectivity index (χ3v) is 4.56. The number of hydrogen-bond acceptors (Lipinski definition) is 4. The molecule has 0 radical (unpaired) electrons. The number of primary amides is 1. The highest BCUT2D eigenvalue weighted by Crippen LogP contribution is 2.40. The summed E-state index contributed by atoms with van der Waals surface area (Å²) < 4.78 is 20.2. The zero-order valence-corrected chi connectivity index (χ0v) is 14.8. The minimum atomic E-state index is -0.729. The van der Waals surface area contributed by atoms with E-state index >= 15 is 0 Å². The highest BCUT2D eigenvalue weighted by molar-refractivity contribution is 6.32. The third kappa shape index (κ3) is 3.36. The van der Waals surface area contributed by atoms with Crippen molar-refractivity contribution in [2.45, 2.75) is 12.3 Å². The summed E-state index contributed by atoms with van der Waals surface area (Å²) in [6, 6.07) is 7.86. The zero-order valence-electron chi connectivity index (χ0n) is 14.1. The maximum absolute atomic E-state index is 13.2. The van der Waals surface area contributed by atoms with Gasteiger partial charge in [0, 0.05) is 24.7 Å². The molecule has 6 nitrogen and oxygen atoms in total. The average Bonchev–Trinajstić information content (AvgIpc) is 3.17. The summed E-state index contributed by atoms with van der Waals surface area (Å²) >= 11 is 6.28. The molecule has 0 unspecified atom stereocenters. The van der Waals surface area contributed by atoms with Gasteiger partial charge < -0.3 is 15.9 Å². The van der Waals surface area contributed by atoms with Crippen LogP contribution < -0.4 is 11.5 Å². The maximum atomic E-state index is 13.2. The van der Waals surface area contributed by atoms with Gasteiger partial charge >= 0.3 is 0 Å². The van der Waals surface area contributed by atoms with Gasteiger partial charge in [-0.25, -0.2) is 4.39 Å². The van der Waals surface area contributed by atoms with Gasteiger partial charge in [0.05, 0.1) is 11.3 Å². The Morgan fingerprint density at radius 3 is 2.58 bits per heavy atom. The van der Waals surface area contributed by atoms with Crippen LogP contribution >= 0.6 is 11.6 Å². The summed E-state index contributed by atoms with van der Waals surface area (Å²) in [5.74, 6) is -1.38. The highest BCUT2D eigenvalue weighted by atomic mass is 35.5. The standard InChI is InChI=1S/C18H18ClFN4O2/c1-24-13(6-7-23-24)15-14(16(18(22)25)26-17(15)19)11(9-21)8-10-2-4-12(20)5-3-10/h2-7,11H,8-9,21H2,1H3,(H2,22,25)/t11-/m1/s1. The molecule has 136 valence electrons. The van der Waals surface area contributed by atoms with Crippen LogP contribution in [0.5, 0.6) is 0 Å². The van der Waals surface area contributed by atoms with Crippen molar-refractivity contribution in [3.63, 3.8) is 0 Å². The summed E-state index contributed by atoms with van der Waals surface area (Å²) in [5, 5.41) is 4.19. The van der Waals surface area contributed by atoms with E-state index in [9.17, 15) is 9.18 Å². The van der Waals surface area contributed by atoms with E-state index in [0.29, 0.717) is 23.2 Å². The molecular formula is C18H18ClFN4O2. The van der Waals surface area contributed by atoms with Crippen molar-refractivity contribution in [2.24, 2.45) is 18.5 Å². The van der Waals surface area contributed by atoms with Crippen LogP contribution in [0.2, 0.25) is 5.22 Å². The molecule has 3 rings (SSSR count). The number of carbonyl (C=O) groups is 1. The number of furan rings is 1. The molecule has 1 amide bonds. The van der Waals surface area contributed by atoms with Gasteiger partial charge in [-0.2, -0.15) is 5.10 Å². The Hall–Kier alpha value is -2.64. The Balaban J connectivity index is 2.12. The van der Waals surface area contributed by atoms with E-state index in [1.165, 1.54) is 12.1 Å². The van der Waals surface area contributed by atoms with Gasteiger partial charge in [0.15, 0.2) is 5.76 Å². The predicted molar refractivity (Wildman–Crippen MR) is 96.3 cm³/mol. The Morgan fingerprint density at radius 1 is 1.35 bits per heavy atom. The minimum absolute atomic E-state index is 0.0243. The van der Waals surface area contributed by atoms with Crippen LogP contribution in [0.15, 0.2) is 40.9 Å². The van der Waals surface area contributed by atoms with E-state index in [1.54, 1.807) is 36.1 Å². The summed E-state index contributed by atoms with van der Waals surface area (Å²) in [6.07, 6.45) is 2.08. The molecule has 3 aromatic rings. The van der Waals surface area contributed by atoms with Crippen molar-refractivity contribution in [1.29, 1.82) is 0 Å². The first-order valence-corrected chi connectivity index (χ1v) is 8.35.